The molecule has 0 atom stereocenters. The van der Waals surface area contributed by atoms with Gasteiger partial charge in [-0.15, -0.1) is 0 Å². The topological polar surface area (TPSA) is 41.3 Å². The normalized spacial score (nSPS) is 12.4. The van der Waals surface area contributed by atoms with Crippen molar-refractivity contribution in [2.75, 3.05) is 20.2 Å². The lowest BCUT2D eigenvalue weighted by Gasteiger charge is -2.33. The first-order chi connectivity index (χ1) is 8.05. The number of aromatic nitrogens is 2. The van der Waals surface area contributed by atoms with Crippen LogP contribution in [0, 0.1) is 5.41 Å². The van der Waals surface area contributed by atoms with Crippen LogP contribution in [0.1, 0.15) is 32.3 Å². The number of rotatable bonds is 7. The maximum absolute atomic E-state index is 9.55. The average Bonchev–Trinajstić information content (AvgIpc) is 2.72. The summed E-state index contributed by atoms with van der Waals surface area (Å²) in [6.07, 6.45) is 5.96. The Morgan fingerprint density at radius 2 is 2.06 bits per heavy atom. The molecular weight excluding hydrogens is 214 g/mol. The Kier molecular flexibility index (Phi) is 5.15. The van der Waals surface area contributed by atoms with Crippen molar-refractivity contribution in [2.45, 2.75) is 33.2 Å². The van der Waals surface area contributed by atoms with Gasteiger partial charge in [-0.2, -0.15) is 5.10 Å². The first kappa shape index (κ1) is 14.2. The fourth-order valence-electron chi connectivity index (χ4n) is 2.24. The SMILES string of the molecule is CCC(CC)(CO)CN(C)Cc1cnn(C)c1. The van der Waals surface area contributed by atoms with E-state index in [0.717, 1.165) is 25.9 Å². The van der Waals surface area contributed by atoms with Gasteiger partial charge in [0.2, 0.25) is 0 Å². The zero-order valence-corrected chi connectivity index (χ0v) is 11.5. The van der Waals surface area contributed by atoms with Gasteiger partial charge < -0.3 is 10.0 Å². The van der Waals surface area contributed by atoms with Crippen LogP contribution in [0.4, 0.5) is 0 Å². The molecule has 0 radical (unpaired) electrons. The minimum absolute atomic E-state index is 0.0386. The summed E-state index contributed by atoms with van der Waals surface area (Å²) in [5.41, 5.74) is 1.26. The third kappa shape index (κ3) is 3.82. The molecule has 4 heteroatoms. The molecule has 17 heavy (non-hydrogen) atoms. The van der Waals surface area contributed by atoms with Gasteiger partial charge >= 0.3 is 0 Å². The van der Waals surface area contributed by atoms with Crippen LogP contribution in [0.25, 0.3) is 0 Å². The number of aryl methyl sites for hydroxylation is 1. The van der Waals surface area contributed by atoms with E-state index in [1.165, 1.54) is 5.56 Å². The van der Waals surface area contributed by atoms with E-state index >= 15 is 0 Å². The number of aliphatic hydroxyl groups excluding tert-OH is 1. The lowest BCUT2D eigenvalue weighted by molar-refractivity contribution is 0.0731. The highest BCUT2D eigenvalue weighted by Crippen LogP contribution is 2.26. The van der Waals surface area contributed by atoms with Gasteiger partial charge in [0.05, 0.1) is 6.20 Å². The van der Waals surface area contributed by atoms with Crippen LogP contribution in [0.2, 0.25) is 0 Å². The highest BCUT2D eigenvalue weighted by atomic mass is 16.3. The van der Waals surface area contributed by atoms with E-state index in [-0.39, 0.29) is 12.0 Å². The molecule has 4 nitrogen and oxygen atoms in total. The Labute approximate surface area is 104 Å². The molecule has 0 aromatic carbocycles. The maximum atomic E-state index is 9.55. The van der Waals surface area contributed by atoms with Crippen LogP contribution in [0.15, 0.2) is 12.4 Å². The molecule has 0 amide bonds. The molecule has 0 saturated heterocycles. The molecule has 0 aliphatic rings. The van der Waals surface area contributed by atoms with Crippen molar-refractivity contribution < 1.29 is 5.11 Å². The molecule has 1 rings (SSSR count). The van der Waals surface area contributed by atoms with E-state index in [4.69, 9.17) is 0 Å². The smallest absolute Gasteiger partial charge is 0.0534 e. The number of hydrogen-bond acceptors (Lipinski definition) is 3. The maximum Gasteiger partial charge on any atom is 0.0534 e. The summed E-state index contributed by atoms with van der Waals surface area (Å²) in [7, 11) is 4.03. The molecule has 1 N–H and O–H groups in total. The van der Waals surface area contributed by atoms with Crippen molar-refractivity contribution in [2.24, 2.45) is 12.5 Å². The predicted octanol–water partition coefficient (Wildman–Crippen LogP) is 1.65. The Balaban J connectivity index is 2.56. The summed E-state index contributed by atoms with van der Waals surface area (Å²) >= 11 is 0. The summed E-state index contributed by atoms with van der Waals surface area (Å²) in [6.45, 7) is 6.37. The van der Waals surface area contributed by atoms with Crippen LogP contribution in [0.5, 0.6) is 0 Å². The molecule has 0 bridgehead atoms. The summed E-state index contributed by atoms with van der Waals surface area (Å²) < 4.78 is 1.82. The van der Waals surface area contributed by atoms with Crippen molar-refractivity contribution in [3.8, 4) is 0 Å². The fraction of sp³-hybridized carbons (Fsp3) is 0.769. The van der Waals surface area contributed by atoms with Crippen LogP contribution < -0.4 is 0 Å². The van der Waals surface area contributed by atoms with Crippen molar-refractivity contribution in [1.29, 1.82) is 0 Å². The first-order valence-electron chi connectivity index (χ1n) is 6.32. The zero-order valence-electron chi connectivity index (χ0n) is 11.5. The van der Waals surface area contributed by atoms with E-state index in [9.17, 15) is 5.11 Å². The van der Waals surface area contributed by atoms with Gasteiger partial charge in [-0.3, -0.25) is 4.68 Å². The Morgan fingerprint density at radius 1 is 1.41 bits per heavy atom. The van der Waals surface area contributed by atoms with E-state index in [1.54, 1.807) is 0 Å². The quantitative estimate of drug-likeness (QED) is 0.786. The third-order valence-electron chi connectivity index (χ3n) is 3.65. The monoisotopic (exact) mass is 239 g/mol. The average molecular weight is 239 g/mol. The standard InChI is InChI=1S/C13H25N3O/c1-5-13(6-2,11-17)10-15(3)8-12-7-14-16(4)9-12/h7,9,17H,5-6,8,10-11H2,1-4H3. The molecule has 98 valence electrons. The summed E-state index contributed by atoms with van der Waals surface area (Å²) in [5.74, 6) is 0. The summed E-state index contributed by atoms with van der Waals surface area (Å²) in [4.78, 5) is 2.26. The van der Waals surface area contributed by atoms with Gasteiger partial charge in [0, 0.05) is 43.9 Å². The lowest BCUT2D eigenvalue weighted by Crippen LogP contribution is -2.37. The van der Waals surface area contributed by atoms with Crippen molar-refractivity contribution in [3.63, 3.8) is 0 Å². The Morgan fingerprint density at radius 3 is 2.47 bits per heavy atom. The summed E-state index contributed by atoms with van der Waals surface area (Å²) in [6, 6.07) is 0. The van der Waals surface area contributed by atoms with Crippen LogP contribution in [-0.4, -0.2) is 40.0 Å². The van der Waals surface area contributed by atoms with Gasteiger partial charge in [-0.05, 0) is 19.9 Å². The second kappa shape index (κ2) is 6.17. The van der Waals surface area contributed by atoms with Gasteiger partial charge in [0.15, 0.2) is 0 Å². The molecule has 1 aromatic heterocycles. The van der Waals surface area contributed by atoms with E-state index in [0.29, 0.717) is 0 Å². The molecule has 0 fully saturated rings. The Bertz CT molecular complexity index is 323. The van der Waals surface area contributed by atoms with E-state index < -0.39 is 0 Å². The minimum atomic E-state index is 0.0386. The van der Waals surface area contributed by atoms with Gasteiger partial charge in [-0.25, -0.2) is 0 Å². The second-order valence-corrected chi connectivity index (χ2v) is 5.06. The van der Waals surface area contributed by atoms with Gasteiger partial charge in [0.1, 0.15) is 0 Å². The summed E-state index contributed by atoms with van der Waals surface area (Å²) in [5, 5.41) is 13.7. The number of hydrogen-bond donors (Lipinski definition) is 1. The van der Waals surface area contributed by atoms with Crippen LogP contribution in [-0.2, 0) is 13.6 Å². The second-order valence-electron chi connectivity index (χ2n) is 5.06. The molecule has 0 aliphatic heterocycles. The molecule has 0 spiro atoms. The molecule has 0 aliphatic carbocycles. The van der Waals surface area contributed by atoms with Crippen molar-refractivity contribution in [1.82, 2.24) is 14.7 Å². The van der Waals surface area contributed by atoms with Crippen molar-refractivity contribution >= 4 is 0 Å². The zero-order chi connectivity index (χ0) is 12.9. The van der Waals surface area contributed by atoms with Gasteiger partial charge in [-0.1, -0.05) is 13.8 Å². The third-order valence-corrected chi connectivity index (χ3v) is 3.65. The highest BCUT2D eigenvalue weighted by molar-refractivity contribution is 5.03. The number of aliphatic hydroxyl groups is 1. The minimum Gasteiger partial charge on any atom is -0.396 e. The molecular formula is C13H25N3O. The van der Waals surface area contributed by atoms with Crippen LogP contribution >= 0.6 is 0 Å². The first-order valence-corrected chi connectivity index (χ1v) is 6.32. The largest absolute Gasteiger partial charge is 0.396 e. The molecule has 0 saturated carbocycles. The predicted molar refractivity (Wildman–Crippen MR) is 69.6 cm³/mol. The van der Waals surface area contributed by atoms with E-state index in [2.05, 4.69) is 30.9 Å². The van der Waals surface area contributed by atoms with E-state index in [1.807, 2.05) is 24.1 Å². The van der Waals surface area contributed by atoms with Crippen LogP contribution in [0.3, 0.4) is 0 Å². The molecule has 1 aromatic rings. The lowest BCUT2D eigenvalue weighted by atomic mass is 9.83. The fourth-order valence-corrected chi connectivity index (χ4v) is 2.24. The Hall–Kier alpha value is -0.870. The van der Waals surface area contributed by atoms with Gasteiger partial charge in [0.25, 0.3) is 0 Å². The van der Waals surface area contributed by atoms with Crippen molar-refractivity contribution in [3.05, 3.63) is 18.0 Å². The molecule has 1 heterocycles. The molecule has 0 unspecified atom stereocenters. The highest BCUT2D eigenvalue weighted by Gasteiger charge is 2.26. The number of nitrogens with zero attached hydrogens (tertiary/aromatic N) is 3.